The van der Waals surface area contributed by atoms with Crippen LogP contribution < -0.4 is 10.5 Å². The number of ether oxygens (including phenoxy) is 1. The molecule has 102 valence electrons. The van der Waals surface area contributed by atoms with E-state index in [1.165, 1.54) is 12.0 Å². The van der Waals surface area contributed by atoms with Gasteiger partial charge in [0, 0.05) is 6.04 Å². The Hall–Kier alpha value is -1.88. The summed E-state index contributed by atoms with van der Waals surface area (Å²) < 4.78 is 10.4. The first-order valence-corrected chi connectivity index (χ1v) is 6.30. The fourth-order valence-corrected chi connectivity index (χ4v) is 2.15. The Labute approximate surface area is 112 Å². The summed E-state index contributed by atoms with van der Waals surface area (Å²) in [6, 6.07) is 4.38. The van der Waals surface area contributed by atoms with Crippen LogP contribution in [0.2, 0.25) is 0 Å². The number of benzene rings is 1. The maximum absolute atomic E-state index is 5.83. The summed E-state index contributed by atoms with van der Waals surface area (Å²) in [4.78, 5) is 3.93. The molecule has 1 atom stereocenters. The second-order valence-electron chi connectivity index (χ2n) is 4.88. The van der Waals surface area contributed by atoms with E-state index in [0.717, 1.165) is 23.3 Å². The molecule has 0 bridgehead atoms. The van der Waals surface area contributed by atoms with Crippen molar-refractivity contribution in [1.29, 1.82) is 0 Å². The van der Waals surface area contributed by atoms with Gasteiger partial charge < -0.3 is 15.0 Å². The molecule has 0 radical (unpaired) electrons. The number of hydrogen-bond donors (Lipinski definition) is 1. The maximum Gasteiger partial charge on any atom is 0.213 e. The number of aryl methyl sites for hydroxylation is 2. The molecule has 2 N–H and O–H groups in total. The van der Waals surface area contributed by atoms with Crippen LogP contribution in [0.5, 0.6) is 5.75 Å². The third kappa shape index (κ3) is 3.54. The predicted octanol–water partition coefficient (Wildman–Crippen LogP) is 2.16. The van der Waals surface area contributed by atoms with Crippen LogP contribution in [0.3, 0.4) is 0 Å². The average Bonchev–Trinajstić information content (AvgIpc) is 2.79. The molecular weight excluding hydrogens is 242 g/mol. The molecule has 1 heterocycles. The molecule has 1 aromatic heterocycles. The predicted molar refractivity (Wildman–Crippen MR) is 71.9 cm³/mol. The Kier molecular flexibility index (Phi) is 4.16. The first-order valence-electron chi connectivity index (χ1n) is 6.30. The van der Waals surface area contributed by atoms with Crippen LogP contribution in [0.1, 0.15) is 29.4 Å². The lowest BCUT2D eigenvalue weighted by atomic mass is 10.0. The second-order valence-corrected chi connectivity index (χ2v) is 4.88. The van der Waals surface area contributed by atoms with Crippen molar-refractivity contribution in [2.45, 2.75) is 39.8 Å². The van der Waals surface area contributed by atoms with Crippen molar-refractivity contribution in [1.82, 2.24) is 10.1 Å². The fourth-order valence-electron chi connectivity index (χ4n) is 2.15. The molecule has 5 heteroatoms. The van der Waals surface area contributed by atoms with Gasteiger partial charge in [0.15, 0.2) is 6.61 Å². The van der Waals surface area contributed by atoms with Gasteiger partial charge in [0.05, 0.1) is 0 Å². The fraction of sp³-hybridized carbons (Fsp3) is 0.429. The third-order valence-corrected chi connectivity index (χ3v) is 2.83. The van der Waals surface area contributed by atoms with Gasteiger partial charge in [0.2, 0.25) is 12.2 Å². The number of nitrogens with two attached hydrogens (primary N) is 1. The van der Waals surface area contributed by atoms with Gasteiger partial charge in [-0.05, 0) is 43.9 Å². The van der Waals surface area contributed by atoms with E-state index in [4.69, 9.17) is 10.5 Å². The van der Waals surface area contributed by atoms with Gasteiger partial charge in [0.1, 0.15) is 5.75 Å². The van der Waals surface area contributed by atoms with Crippen molar-refractivity contribution in [2.75, 3.05) is 0 Å². The average molecular weight is 261 g/mol. The SMILES string of the molecule is Cc1cc(CC(C)N)cc(C)c1OCc1ncon1. The lowest BCUT2D eigenvalue weighted by molar-refractivity contribution is 0.283. The Morgan fingerprint density at radius 2 is 2.00 bits per heavy atom. The minimum atomic E-state index is 0.157. The van der Waals surface area contributed by atoms with Crippen molar-refractivity contribution in [3.63, 3.8) is 0 Å². The Morgan fingerprint density at radius 1 is 1.32 bits per heavy atom. The molecule has 0 aliphatic carbocycles. The molecule has 0 saturated heterocycles. The standard InChI is InChI=1S/C14H19N3O2/c1-9-4-12(6-11(3)15)5-10(2)14(9)18-7-13-16-8-19-17-13/h4-5,8,11H,6-7,15H2,1-3H3. The Bertz CT molecular complexity index is 513. The summed E-state index contributed by atoms with van der Waals surface area (Å²) in [7, 11) is 0. The Balaban J connectivity index is 2.12. The zero-order chi connectivity index (χ0) is 13.8. The molecule has 2 rings (SSSR count). The van der Waals surface area contributed by atoms with E-state index in [0.29, 0.717) is 12.4 Å². The molecule has 0 amide bonds. The van der Waals surface area contributed by atoms with Crippen molar-refractivity contribution < 1.29 is 9.26 Å². The second kappa shape index (κ2) is 5.84. The van der Waals surface area contributed by atoms with Gasteiger partial charge in [-0.2, -0.15) is 4.98 Å². The van der Waals surface area contributed by atoms with E-state index in [-0.39, 0.29) is 6.04 Å². The molecule has 0 saturated carbocycles. The van der Waals surface area contributed by atoms with Gasteiger partial charge in [-0.15, -0.1) is 0 Å². The van der Waals surface area contributed by atoms with Gasteiger partial charge in [-0.1, -0.05) is 17.3 Å². The summed E-state index contributed by atoms with van der Waals surface area (Å²) in [5, 5.41) is 3.72. The van der Waals surface area contributed by atoms with E-state index in [9.17, 15) is 0 Å². The highest BCUT2D eigenvalue weighted by Crippen LogP contribution is 2.26. The number of hydrogen-bond acceptors (Lipinski definition) is 5. The summed E-state index contributed by atoms with van der Waals surface area (Å²) in [5.74, 6) is 1.41. The molecule has 1 unspecified atom stereocenters. The molecule has 2 aromatic rings. The molecule has 5 nitrogen and oxygen atoms in total. The van der Waals surface area contributed by atoms with Crippen molar-refractivity contribution in [3.8, 4) is 5.75 Å². The van der Waals surface area contributed by atoms with Crippen molar-refractivity contribution in [3.05, 3.63) is 41.0 Å². The zero-order valence-electron chi connectivity index (χ0n) is 11.5. The van der Waals surface area contributed by atoms with E-state index in [1.807, 2.05) is 20.8 Å². The minimum Gasteiger partial charge on any atom is -0.485 e. The summed E-state index contributed by atoms with van der Waals surface area (Å²) >= 11 is 0. The van der Waals surface area contributed by atoms with Crippen LogP contribution >= 0.6 is 0 Å². The van der Waals surface area contributed by atoms with Crippen LogP contribution in [0, 0.1) is 13.8 Å². The van der Waals surface area contributed by atoms with E-state index in [2.05, 4.69) is 26.8 Å². The number of nitrogens with zero attached hydrogens (tertiary/aromatic N) is 2. The number of rotatable bonds is 5. The molecule has 19 heavy (non-hydrogen) atoms. The smallest absolute Gasteiger partial charge is 0.213 e. The lowest BCUT2D eigenvalue weighted by Crippen LogP contribution is -2.18. The molecule has 0 aliphatic rings. The van der Waals surface area contributed by atoms with Crippen LogP contribution in [-0.4, -0.2) is 16.2 Å². The van der Waals surface area contributed by atoms with Gasteiger partial charge >= 0.3 is 0 Å². The normalized spacial score (nSPS) is 12.4. The molecule has 0 aliphatic heterocycles. The zero-order valence-corrected chi connectivity index (χ0v) is 11.5. The Morgan fingerprint density at radius 3 is 2.53 bits per heavy atom. The van der Waals surface area contributed by atoms with Gasteiger partial charge in [-0.3, -0.25) is 0 Å². The highest BCUT2D eigenvalue weighted by atomic mass is 16.5. The van der Waals surface area contributed by atoms with Crippen LogP contribution in [0.4, 0.5) is 0 Å². The van der Waals surface area contributed by atoms with Gasteiger partial charge in [0.25, 0.3) is 0 Å². The highest BCUT2D eigenvalue weighted by molar-refractivity contribution is 5.43. The van der Waals surface area contributed by atoms with E-state index in [1.54, 1.807) is 0 Å². The summed E-state index contributed by atoms with van der Waals surface area (Å²) in [5.41, 5.74) is 9.25. The highest BCUT2D eigenvalue weighted by Gasteiger charge is 2.09. The quantitative estimate of drug-likeness (QED) is 0.892. The third-order valence-electron chi connectivity index (χ3n) is 2.83. The van der Waals surface area contributed by atoms with Crippen LogP contribution in [0.15, 0.2) is 23.0 Å². The molecular formula is C14H19N3O2. The first kappa shape index (κ1) is 13.5. The van der Waals surface area contributed by atoms with E-state index < -0.39 is 0 Å². The largest absolute Gasteiger partial charge is 0.485 e. The molecule has 1 aromatic carbocycles. The number of aromatic nitrogens is 2. The topological polar surface area (TPSA) is 74.2 Å². The van der Waals surface area contributed by atoms with Crippen LogP contribution in [0.25, 0.3) is 0 Å². The van der Waals surface area contributed by atoms with Crippen LogP contribution in [-0.2, 0) is 13.0 Å². The molecule has 0 spiro atoms. The summed E-state index contributed by atoms with van der Waals surface area (Å²) in [6.45, 7) is 6.38. The van der Waals surface area contributed by atoms with Gasteiger partial charge in [-0.25, -0.2) is 0 Å². The minimum absolute atomic E-state index is 0.157. The lowest BCUT2D eigenvalue weighted by Gasteiger charge is -2.14. The summed E-state index contributed by atoms with van der Waals surface area (Å²) in [6.07, 6.45) is 2.16. The maximum atomic E-state index is 5.83. The van der Waals surface area contributed by atoms with E-state index >= 15 is 0 Å². The van der Waals surface area contributed by atoms with Crippen molar-refractivity contribution >= 4 is 0 Å². The molecule has 0 fully saturated rings. The monoisotopic (exact) mass is 261 g/mol. The first-order chi connectivity index (χ1) is 9.06. The van der Waals surface area contributed by atoms with Crippen molar-refractivity contribution in [2.24, 2.45) is 5.73 Å².